The van der Waals surface area contributed by atoms with Gasteiger partial charge in [-0.25, -0.2) is 0 Å². The molecule has 2 rings (SSSR count). The number of carbonyl (C=O) groups excluding carboxylic acids is 2. The minimum atomic E-state index is -0.349. The molecule has 0 aliphatic carbocycles. The van der Waals surface area contributed by atoms with Gasteiger partial charge in [-0.2, -0.15) is 0 Å². The van der Waals surface area contributed by atoms with E-state index in [-0.39, 0.29) is 29.1 Å². The first-order valence-electron chi connectivity index (χ1n) is 9.96. The van der Waals surface area contributed by atoms with Gasteiger partial charge in [-0.05, 0) is 11.5 Å². The van der Waals surface area contributed by atoms with Gasteiger partial charge in [0.1, 0.15) is 11.5 Å². The van der Waals surface area contributed by atoms with Crippen molar-refractivity contribution >= 4 is 11.8 Å². The highest BCUT2D eigenvalue weighted by atomic mass is 16.5. The molecule has 0 radical (unpaired) electrons. The van der Waals surface area contributed by atoms with Crippen LogP contribution in [0.4, 0.5) is 0 Å². The van der Waals surface area contributed by atoms with Gasteiger partial charge in [0.15, 0.2) is 0 Å². The highest BCUT2D eigenvalue weighted by molar-refractivity contribution is 5.83. The molecule has 1 aliphatic heterocycles. The lowest BCUT2D eigenvalue weighted by molar-refractivity contribution is -0.132. The number of nitrogens with zero attached hydrogens (tertiary/aromatic N) is 1. The van der Waals surface area contributed by atoms with Crippen LogP contribution in [0, 0.1) is 11.3 Å². The standard InChI is InChI=1S/C22H34N2O5/c1-22(2,3)12-20(25)24-13-17(18(14-24)21(26)23-9-10-27-4)16-8-7-15(28-5)11-19(16)29-6/h7-8,11,17-18H,9-10,12-14H2,1-6H3,(H,23,26). The van der Waals surface area contributed by atoms with E-state index in [4.69, 9.17) is 14.2 Å². The SMILES string of the molecule is COCCNC(=O)C1CN(C(=O)CC(C)(C)C)CC1c1ccc(OC)cc1OC. The number of hydrogen-bond acceptors (Lipinski definition) is 5. The van der Waals surface area contributed by atoms with Crippen LogP contribution < -0.4 is 14.8 Å². The molecule has 1 saturated heterocycles. The van der Waals surface area contributed by atoms with Gasteiger partial charge in [0.05, 0.1) is 26.7 Å². The average molecular weight is 407 g/mol. The normalized spacial score (nSPS) is 19.2. The quantitative estimate of drug-likeness (QED) is 0.671. The van der Waals surface area contributed by atoms with E-state index >= 15 is 0 Å². The van der Waals surface area contributed by atoms with Crippen LogP contribution >= 0.6 is 0 Å². The Balaban J connectivity index is 2.30. The molecule has 0 spiro atoms. The molecule has 1 aliphatic rings. The summed E-state index contributed by atoms with van der Waals surface area (Å²) in [5.74, 6) is 0.845. The lowest BCUT2D eigenvalue weighted by Crippen LogP contribution is -2.37. The first-order chi connectivity index (χ1) is 13.7. The fourth-order valence-corrected chi connectivity index (χ4v) is 3.69. The van der Waals surface area contributed by atoms with Crippen LogP contribution in [0.5, 0.6) is 11.5 Å². The number of hydrogen-bond donors (Lipinski definition) is 1. The fraction of sp³-hybridized carbons (Fsp3) is 0.636. The van der Waals surface area contributed by atoms with Gasteiger partial charge in [-0.1, -0.05) is 26.8 Å². The van der Waals surface area contributed by atoms with Gasteiger partial charge in [0.2, 0.25) is 11.8 Å². The Hall–Kier alpha value is -2.28. The van der Waals surface area contributed by atoms with Crippen LogP contribution in [0.15, 0.2) is 18.2 Å². The highest BCUT2D eigenvalue weighted by Crippen LogP contribution is 2.40. The molecule has 7 nitrogen and oxygen atoms in total. The molecule has 0 bridgehead atoms. The Morgan fingerprint density at radius 3 is 2.45 bits per heavy atom. The number of rotatable bonds is 8. The molecule has 2 unspecified atom stereocenters. The van der Waals surface area contributed by atoms with Crippen molar-refractivity contribution in [2.75, 3.05) is 47.6 Å². The molecule has 1 heterocycles. The minimum absolute atomic E-state index is 0.0715. The maximum Gasteiger partial charge on any atom is 0.225 e. The van der Waals surface area contributed by atoms with Crippen LogP contribution in [0.3, 0.4) is 0 Å². The van der Waals surface area contributed by atoms with Crippen molar-refractivity contribution in [1.29, 1.82) is 0 Å². The second kappa shape index (κ2) is 9.96. The summed E-state index contributed by atoms with van der Waals surface area (Å²) in [6.07, 6.45) is 0.442. The molecule has 1 aromatic rings. The molecule has 29 heavy (non-hydrogen) atoms. The van der Waals surface area contributed by atoms with Gasteiger partial charge < -0.3 is 24.4 Å². The van der Waals surface area contributed by atoms with Gasteiger partial charge in [-0.3, -0.25) is 9.59 Å². The van der Waals surface area contributed by atoms with Crippen LogP contribution in [-0.2, 0) is 14.3 Å². The fourth-order valence-electron chi connectivity index (χ4n) is 3.69. The maximum absolute atomic E-state index is 12.9. The molecule has 1 N–H and O–H groups in total. The van der Waals surface area contributed by atoms with E-state index in [1.165, 1.54) is 0 Å². The Morgan fingerprint density at radius 2 is 1.86 bits per heavy atom. The van der Waals surface area contributed by atoms with E-state index in [2.05, 4.69) is 5.32 Å². The van der Waals surface area contributed by atoms with E-state index in [1.807, 2.05) is 39.0 Å². The number of methoxy groups -OCH3 is 3. The number of carbonyl (C=O) groups is 2. The molecule has 2 atom stereocenters. The van der Waals surface area contributed by atoms with Gasteiger partial charge in [0.25, 0.3) is 0 Å². The third-order valence-electron chi connectivity index (χ3n) is 5.14. The predicted molar refractivity (Wildman–Crippen MR) is 111 cm³/mol. The van der Waals surface area contributed by atoms with E-state index in [0.29, 0.717) is 44.2 Å². The average Bonchev–Trinajstić information content (AvgIpc) is 3.11. The molecule has 1 fully saturated rings. The summed E-state index contributed by atoms with van der Waals surface area (Å²) in [5, 5.41) is 2.93. The lowest BCUT2D eigenvalue weighted by atomic mass is 9.87. The van der Waals surface area contributed by atoms with Crippen LogP contribution in [0.1, 0.15) is 38.7 Å². The third kappa shape index (κ3) is 6.10. The molecule has 1 aromatic carbocycles. The van der Waals surface area contributed by atoms with Crippen molar-refractivity contribution in [3.63, 3.8) is 0 Å². The maximum atomic E-state index is 12.9. The highest BCUT2D eigenvalue weighted by Gasteiger charge is 2.41. The van der Waals surface area contributed by atoms with Gasteiger partial charge in [0, 0.05) is 50.7 Å². The van der Waals surface area contributed by atoms with Crippen molar-refractivity contribution in [1.82, 2.24) is 10.2 Å². The second-order valence-electron chi connectivity index (χ2n) is 8.64. The summed E-state index contributed by atoms with van der Waals surface area (Å²) in [5.41, 5.74) is 0.801. The van der Waals surface area contributed by atoms with Gasteiger partial charge >= 0.3 is 0 Å². The zero-order chi connectivity index (χ0) is 21.6. The molecule has 162 valence electrons. The number of likely N-dealkylation sites (tertiary alicyclic amines) is 1. The van der Waals surface area contributed by atoms with Crippen molar-refractivity contribution in [2.24, 2.45) is 11.3 Å². The first kappa shape index (κ1) is 23.0. The number of amides is 2. The second-order valence-corrected chi connectivity index (χ2v) is 8.64. The number of ether oxygens (including phenoxy) is 3. The molecular weight excluding hydrogens is 372 g/mol. The topological polar surface area (TPSA) is 77.1 Å². The van der Waals surface area contributed by atoms with Crippen molar-refractivity contribution in [2.45, 2.75) is 33.1 Å². The van der Waals surface area contributed by atoms with Gasteiger partial charge in [-0.15, -0.1) is 0 Å². The van der Waals surface area contributed by atoms with E-state index in [0.717, 1.165) is 5.56 Å². The molecule has 0 saturated carbocycles. The predicted octanol–water partition coefficient (Wildman–Crippen LogP) is 2.44. The lowest BCUT2D eigenvalue weighted by Gasteiger charge is -2.23. The Kier molecular flexibility index (Phi) is 7.90. The molecule has 2 amide bonds. The van der Waals surface area contributed by atoms with Crippen LogP contribution in [0.25, 0.3) is 0 Å². The zero-order valence-electron chi connectivity index (χ0n) is 18.4. The third-order valence-corrected chi connectivity index (χ3v) is 5.14. The molecule has 7 heteroatoms. The van der Waals surface area contributed by atoms with E-state index in [9.17, 15) is 9.59 Å². The Bertz CT molecular complexity index is 714. The van der Waals surface area contributed by atoms with Crippen LogP contribution in [-0.4, -0.2) is 64.3 Å². The van der Waals surface area contributed by atoms with Crippen molar-refractivity contribution < 1.29 is 23.8 Å². The largest absolute Gasteiger partial charge is 0.497 e. The smallest absolute Gasteiger partial charge is 0.225 e. The monoisotopic (exact) mass is 406 g/mol. The number of benzene rings is 1. The summed E-state index contributed by atoms with van der Waals surface area (Å²) in [4.78, 5) is 27.6. The van der Waals surface area contributed by atoms with Crippen molar-refractivity contribution in [3.8, 4) is 11.5 Å². The van der Waals surface area contributed by atoms with Crippen molar-refractivity contribution in [3.05, 3.63) is 23.8 Å². The van der Waals surface area contributed by atoms with E-state index < -0.39 is 0 Å². The minimum Gasteiger partial charge on any atom is -0.497 e. The zero-order valence-corrected chi connectivity index (χ0v) is 18.4. The van der Waals surface area contributed by atoms with E-state index in [1.54, 1.807) is 26.2 Å². The molecule has 0 aromatic heterocycles. The summed E-state index contributed by atoms with van der Waals surface area (Å²) in [6.45, 7) is 7.89. The Labute approximate surface area is 173 Å². The molecular formula is C22H34N2O5. The first-order valence-corrected chi connectivity index (χ1v) is 9.96. The summed E-state index contributed by atoms with van der Waals surface area (Å²) in [7, 11) is 4.80. The Morgan fingerprint density at radius 1 is 1.14 bits per heavy atom. The summed E-state index contributed by atoms with van der Waals surface area (Å²) < 4.78 is 15.9. The summed E-state index contributed by atoms with van der Waals surface area (Å²) >= 11 is 0. The summed E-state index contributed by atoms with van der Waals surface area (Å²) in [6, 6.07) is 5.60. The number of nitrogens with one attached hydrogen (secondary N) is 1. The van der Waals surface area contributed by atoms with Crippen LogP contribution in [0.2, 0.25) is 0 Å².